The van der Waals surface area contributed by atoms with E-state index in [4.69, 9.17) is 0 Å². The predicted molar refractivity (Wildman–Crippen MR) is 70.8 cm³/mol. The Labute approximate surface area is 110 Å². The Morgan fingerprint density at radius 3 is 1.22 bits per heavy atom. The van der Waals surface area contributed by atoms with Crippen LogP contribution < -0.4 is 10.9 Å². The molecular formula is C12H28N4O2+2. The first-order valence-electron chi connectivity index (χ1n) is 6.25. The molecule has 2 amide bonds. The minimum atomic E-state index is 0.0227. The maximum absolute atomic E-state index is 11.5. The lowest BCUT2D eigenvalue weighted by atomic mass is 10.2. The molecule has 0 heterocycles. The van der Waals surface area contributed by atoms with Crippen LogP contribution in [0.3, 0.4) is 0 Å². The molecule has 0 saturated carbocycles. The molecule has 0 bridgehead atoms. The third-order valence-corrected chi connectivity index (χ3v) is 1.98. The van der Waals surface area contributed by atoms with Gasteiger partial charge >= 0.3 is 0 Å². The summed E-state index contributed by atoms with van der Waals surface area (Å²) in [5.74, 6) is 0.0454. The Balaban J connectivity index is 3.69. The summed E-state index contributed by atoms with van der Waals surface area (Å²) in [5, 5.41) is 0. The number of unbranched alkanes of at least 4 members (excludes halogenated alkanes) is 1. The van der Waals surface area contributed by atoms with Gasteiger partial charge in [0.05, 0.1) is 42.3 Å². The number of nitrogens with one attached hydrogen (secondary N) is 2. The number of amides is 2. The Morgan fingerprint density at radius 2 is 1.00 bits per heavy atom. The second-order valence-corrected chi connectivity index (χ2v) is 6.30. The molecule has 0 fully saturated rings. The SMILES string of the molecule is C[N+](C)(C)NC(=O)CCCCC(=O)N[N+](C)(C)C. The fraction of sp³-hybridized carbons (Fsp3) is 0.833. The van der Waals surface area contributed by atoms with Crippen molar-refractivity contribution in [2.24, 2.45) is 0 Å². The first kappa shape index (κ1) is 16.9. The second-order valence-electron chi connectivity index (χ2n) is 6.30. The van der Waals surface area contributed by atoms with Crippen LogP contribution >= 0.6 is 0 Å². The highest BCUT2D eigenvalue weighted by Gasteiger charge is 2.14. The van der Waals surface area contributed by atoms with Crippen molar-refractivity contribution in [1.82, 2.24) is 10.9 Å². The van der Waals surface area contributed by atoms with Gasteiger partial charge in [-0.25, -0.2) is 20.0 Å². The number of hydrogen-bond acceptors (Lipinski definition) is 2. The zero-order valence-electron chi connectivity index (χ0n) is 12.5. The molecule has 0 aromatic heterocycles. The van der Waals surface area contributed by atoms with Gasteiger partial charge in [0.2, 0.25) is 0 Å². The highest BCUT2D eigenvalue weighted by molar-refractivity contribution is 5.75. The summed E-state index contributed by atoms with van der Waals surface area (Å²) in [4.78, 5) is 23.0. The van der Waals surface area contributed by atoms with Crippen molar-refractivity contribution >= 4 is 11.8 Å². The van der Waals surface area contributed by atoms with Crippen molar-refractivity contribution in [1.29, 1.82) is 0 Å². The molecule has 0 aromatic carbocycles. The van der Waals surface area contributed by atoms with Crippen molar-refractivity contribution in [3.05, 3.63) is 0 Å². The molecule has 18 heavy (non-hydrogen) atoms. The minimum Gasteiger partial charge on any atom is -0.270 e. The normalized spacial score (nSPS) is 12.1. The summed E-state index contributed by atoms with van der Waals surface area (Å²) in [6.07, 6.45) is 2.40. The largest absolute Gasteiger partial charge is 0.270 e. The molecule has 106 valence electrons. The fourth-order valence-corrected chi connectivity index (χ4v) is 1.43. The molecule has 0 aliphatic rings. The summed E-state index contributed by atoms with van der Waals surface area (Å²) in [6.45, 7) is 0. The molecule has 0 rings (SSSR count). The van der Waals surface area contributed by atoms with Crippen molar-refractivity contribution < 1.29 is 18.8 Å². The van der Waals surface area contributed by atoms with E-state index < -0.39 is 0 Å². The van der Waals surface area contributed by atoms with Crippen LogP contribution in [0, 0.1) is 0 Å². The van der Waals surface area contributed by atoms with Crippen LogP contribution in [0.2, 0.25) is 0 Å². The van der Waals surface area contributed by atoms with Crippen LogP contribution in [0.15, 0.2) is 0 Å². The highest BCUT2D eigenvalue weighted by Crippen LogP contribution is 2.01. The zero-order valence-corrected chi connectivity index (χ0v) is 12.5. The van der Waals surface area contributed by atoms with Crippen LogP contribution in [0.5, 0.6) is 0 Å². The van der Waals surface area contributed by atoms with Crippen LogP contribution in [0.25, 0.3) is 0 Å². The number of hydrogen-bond donors (Lipinski definition) is 2. The van der Waals surface area contributed by atoms with Gasteiger partial charge in [0.15, 0.2) is 0 Å². The lowest BCUT2D eigenvalue weighted by Crippen LogP contribution is -2.51. The van der Waals surface area contributed by atoms with Gasteiger partial charge < -0.3 is 0 Å². The smallest absolute Gasteiger partial charge is 0.264 e. The van der Waals surface area contributed by atoms with Gasteiger partial charge in [-0.2, -0.15) is 0 Å². The summed E-state index contributed by atoms with van der Waals surface area (Å²) >= 11 is 0. The monoisotopic (exact) mass is 260 g/mol. The van der Waals surface area contributed by atoms with E-state index in [9.17, 15) is 9.59 Å². The van der Waals surface area contributed by atoms with Gasteiger partial charge in [0.25, 0.3) is 11.8 Å². The number of quaternary nitrogens is 2. The number of carbonyl (C=O) groups is 2. The maximum atomic E-state index is 11.5. The lowest BCUT2D eigenvalue weighted by Gasteiger charge is -2.24. The highest BCUT2D eigenvalue weighted by atomic mass is 16.2. The molecule has 2 N–H and O–H groups in total. The van der Waals surface area contributed by atoms with E-state index in [2.05, 4.69) is 10.9 Å². The van der Waals surface area contributed by atoms with Gasteiger partial charge in [-0.1, -0.05) is 0 Å². The number of nitrogens with zero attached hydrogens (tertiary/aromatic N) is 2. The summed E-state index contributed by atoms with van der Waals surface area (Å²) in [7, 11) is 11.4. The van der Waals surface area contributed by atoms with Gasteiger partial charge in [-0.05, 0) is 12.8 Å². The number of rotatable bonds is 7. The van der Waals surface area contributed by atoms with Crippen LogP contribution in [-0.2, 0) is 9.59 Å². The summed E-state index contributed by atoms with van der Waals surface area (Å²) in [6, 6.07) is 0. The molecule has 0 aromatic rings. The average molecular weight is 260 g/mol. The molecule has 0 aliphatic carbocycles. The molecule has 0 atom stereocenters. The van der Waals surface area contributed by atoms with Gasteiger partial charge in [0, 0.05) is 12.8 Å². The topological polar surface area (TPSA) is 58.2 Å². The van der Waals surface area contributed by atoms with E-state index in [1.165, 1.54) is 0 Å². The van der Waals surface area contributed by atoms with Gasteiger partial charge in [-0.15, -0.1) is 0 Å². The van der Waals surface area contributed by atoms with Gasteiger partial charge in [0.1, 0.15) is 0 Å². The standard InChI is InChI=1S/C12H26N4O2/c1-15(2,3)13-11(17)9-7-8-10-12(18)14-16(4,5)6/h7-10H2,1-6H3/p+2. The van der Waals surface area contributed by atoms with Crippen molar-refractivity contribution in [2.75, 3.05) is 42.3 Å². The lowest BCUT2D eigenvalue weighted by molar-refractivity contribution is -0.906. The third kappa shape index (κ3) is 11.3. The first-order valence-corrected chi connectivity index (χ1v) is 6.25. The molecule has 6 heteroatoms. The van der Waals surface area contributed by atoms with E-state index in [0.29, 0.717) is 22.0 Å². The second kappa shape index (κ2) is 6.70. The molecular weight excluding hydrogens is 232 g/mol. The zero-order chi connectivity index (χ0) is 14.4. The maximum Gasteiger partial charge on any atom is 0.264 e. The van der Waals surface area contributed by atoms with Crippen LogP contribution in [0.1, 0.15) is 25.7 Å². The molecule has 0 spiro atoms. The van der Waals surface area contributed by atoms with Crippen molar-refractivity contribution in [3.8, 4) is 0 Å². The Morgan fingerprint density at radius 1 is 0.722 bits per heavy atom. The van der Waals surface area contributed by atoms with Crippen molar-refractivity contribution in [2.45, 2.75) is 25.7 Å². The quantitative estimate of drug-likeness (QED) is 0.385. The Hall–Kier alpha value is -1.14. The molecule has 0 aliphatic heterocycles. The van der Waals surface area contributed by atoms with Crippen LogP contribution in [0.4, 0.5) is 0 Å². The fourth-order valence-electron chi connectivity index (χ4n) is 1.43. The van der Waals surface area contributed by atoms with E-state index in [1.807, 2.05) is 42.3 Å². The molecule has 0 unspecified atom stereocenters. The van der Waals surface area contributed by atoms with Crippen LogP contribution in [-0.4, -0.2) is 63.3 Å². The van der Waals surface area contributed by atoms with E-state index >= 15 is 0 Å². The van der Waals surface area contributed by atoms with E-state index in [1.54, 1.807) is 0 Å². The minimum absolute atomic E-state index is 0.0227. The average Bonchev–Trinajstić information content (AvgIpc) is 2.06. The van der Waals surface area contributed by atoms with Crippen molar-refractivity contribution in [3.63, 3.8) is 0 Å². The predicted octanol–water partition coefficient (Wildman–Crippen LogP) is 0.0216. The molecule has 6 nitrogen and oxygen atoms in total. The Bertz CT molecular complexity index is 259. The van der Waals surface area contributed by atoms with E-state index in [-0.39, 0.29) is 11.8 Å². The van der Waals surface area contributed by atoms with Gasteiger partial charge in [-0.3, -0.25) is 9.59 Å². The summed E-state index contributed by atoms with van der Waals surface area (Å²) in [5.41, 5.74) is 5.68. The molecule has 0 saturated heterocycles. The summed E-state index contributed by atoms with van der Waals surface area (Å²) < 4.78 is 0.835. The number of carbonyl (C=O) groups excluding carboxylic acids is 2. The molecule has 0 radical (unpaired) electrons. The third-order valence-electron chi connectivity index (χ3n) is 1.98. The first-order chi connectivity index (χ1) is 7.99. The Kier molecular flexibility index (Phi) is 6.28. The van der Waals surface area contributed by atoms with E-state index in [0.717, 1.165) is 12.8 Å².